The molecule has 1 aliphatic carbocycles. The summed E-state index contributed by atoms with van der Waals surface area (Å²) >= 11 is 0. The lowest BCUT2D eigenvalue weighted by molar-refractivity contribution is 0.0952. The number of rotatable bonds is 6. The molecule has 0 bridgehead atoms. The van der Waals surface area contributed by atoms with Crippen LogP contribution in [-0.4, -0.2) is 37.2 Å². The van der Waals surface area contributed by atoms with Crippen LogP contribution < -0.4 is 10.6 Å². The number of amides is 1. The summed E-state index contributed by atoms with van der Waals surface area (Å²) in [7, 11) is 1.66. The molecule has 1 amide bonds. The maximum Gasteiger partial charge on any atom is 0.252 e. The van der Waals surface area contributed by atoms with Gasteiger partial charge in [-0.2, -0.15) is 0 Å². The van der Waals surface area contributed by atoms with Gasteiger partial charge in [0.05, 0.1) is 17.7 Å². The second-order valence-corrected chi connectivity index (χ2v) is 5.24. The van der Waals surface area contributed by atoms with Crippen molar-refractivity contribution >= 4 is 22.6 Å². The highest BCUT2D eigenvalue weighted by Gasteiger charge is 2.24. The van der Waals surface area contributed by atoms with Gasteiger partial charge in [-0.15, -0.1) is 0 Å². The smallest absolute Gasteiger partial charge is 0.252 e. The maximum absolute atomic E-state index is 12.4. The summed E-state index contributed by atoms with van der Waals surface area (Å²) < 4.78 is 5.02. The van der Waals surface area contributed by atoms with Crippen molar-refractivity contribution < 1.29 is 9.53 Å². The first-order chi connectivity index (χ1) is 10.3. The molecule has 0 aliphatic heterocycles. The molecule has 1 heterocycles. The van der Waals surface area contributed by atoms with Crippen LogP contribution in [0.3, 0.4) is 0 Å². The van der Waals surface area contributed by atoms with E-state index in [4.69, 9.17) is 4.74 Å². The van der Waals surface area contributed by atoms with Gasteiger partial charge in [-0.25, -0.2) is 4.98 Å². The fraction of sp³-hybridized carbons (Fsp3) is 0.375. The van der Waals surface area contributed by atoms with Crippen LogP contribution in [0.25, 0.3) is 10.9 Å². The number of benzene rings is 1. The molecule has 1 saturated carbocycles. The zero-order valence-electron chi connectivity index (χ0n) is 12.1. The van der Waals surface area contributed by atoms with Crippen molar-refractivity contribution in [1.29, 1.82) is 0 Å². The fourth-order valence-corrected chi connectivity index (χ4v) is 2.23. The minimum absolute atomic E-state index is 0.0223. The van der Waals surface area contributed by atoms with Gasteiger partial charge in [0.15, 0.2) is 0 Å². The van der Waals surface area contributed by atoms with Gasteiger partial charge in [0, 0.05) is 25.1 Å². The Morgan fingerprint density at radius 3 is 2.95 bits per heavy atom. The molecule has 1 aliphatic rings. The standard InChI is InChI=1S/C16H19N3O2/c1-21-9-8-17-15-10-13(16(20)18-11-6-7-11)12-4-2-3-5-14(12)19-15/h2-5,10-11H,6-9H2,1H3,(H,17,19)(H,18,20). The Bertz CT molecular complexity index is 653. The van der Waals surface area contributed by atoms with E-state index in [9.17, 15) is 4.79 Å². The van der Waals surface area contributed by atoms with Crippen LogP contribution in [0.2, 0.25) is 0 Å². The molecule has 5 nitrogen and oxygen atoms in total. The van der Waals surface area contributed by atoms with Crippen molar-refractivity contribution in [3.8, 4) is 0 Å². The largest absolute Gasteiger partial charge is 0.383 e. The molecular weight excluding hydrogens is 266 g/mol. The Balaban J connectivity index is 1.92. The van der Waals surface area contributed by atoms with E-state index < -0.39 is 0 Å². The first-order valence-corrected chi connectivity index (χ1v) is 7.21. The number of hydrogen-bond donors (Lipinski definition) is 2. The van der Waals surface area contributed by atoms with Gasteiger partial charge >= 0.3 is 0 Å². The molecule has 5 heteroatoms. The van der Waals surface area contributed by atoms with Gasteiger partial charge in [-0.05, 0) is 25.0 Å². The number of carbonyl (C=O) groups excluding carboxylic acids is 1. The highest BCUT2D eigenvalue weighted by Crippen LogP contribution is 2.23. The van der Waals surface area contributed by atoms with Crippen LogP contribution in [0.15, 0.2) is 30.3 Å². The molecule has 0 radical (unpaired) electrons. The second kappa shape index (κ2) is 6.10. The van der Waals surface area contributed by atoms with E-state index in [0.717, 1.165) is 23.7 Å². The van der Waals surface area contributed by atoms with Gasteiger partial charge < -0.3 is 15.4 Å². The van der Waals surface area contributed by atoms with Crippen molar-refractivity contribution in [2.75, 3.05) is 25.6 Å². The number of para-hydroxylation sites is 1. The van der Waals surface area contributed by atoms with E-state index in [1.165, 1.54) is 0 Å². The Morgan fingerprint density at radius 2 is 2.19 bits per heavy atom. The quantitative estimate of drug-likeness (QED) is 0.799. The number of carbonyl (C=O) groups is 1. The number of anilines is 1. The Morgan fingerprint density at radius 1 is 1.38 bits per heavy atom. The number of pyridine rings is 1. The van der Waals surface area contributed by atoms with E-state index in [1.54, 1.807) is 7.11 Å². The third kappa shape index (κ3) is 3.31. The van der Waals surface area contributed by atoms with Gasteiger partial charge in [0.25, 0.3) is 5.91 Å². The van der Waals surface area contributed by atoms with Gasteiger partial charge in [-0.1, -0.05) is 18.2 Å². The summed E-state index contributed by atoms with van der Waals surface area (Å²) in [5, 5.41) is 7.11. The zero-order valence-corrected chi connectivity index (χ0v) is 12.1. The van der Waals surface area contributed by atoms with E-state index in [-0.39, 0.29) is 5.91 Å². The molecule has 21 heavy (non-hydrogen) atoms. The molecule has 110 valence electrons. The monoisotopic (exact) mass is 285 g/mol. The molecule has 0 saturated heterocycles. The maximum atomic E-state index is 12.4. The number of hydrogen-bond acceptors (Lipinski definition) is 4. The summed E-state index contributed by atoms with van der Waals surface area (Å²) in [6, 6.07) is 9.87. The van der Waals surface area contributed by atoms with Crippen LogP contribution in [0.1, 0.15) is 23.2 Å². The number of nitrogens with zero attached hydrogens (tertiary/aromatic N) is 1. The van der Waals surface area contributed by atoms with Crippen molar-refractivity contribution in [1.82, 2.24) is 10.3 Å². The van der Waals surface area contributed by atoms with Crippen molar-refractivity contribution in [3.05, 3.63) is 35.9 Å². The normalized spacial score (nSPS) is 14.1. The average Bonchev–Trinajstić information content (AvgIpc) is 3.30. The van der Waals surface area contributed by atoms with Crippen LogP contribution >= 0.6 is 0 Å². The lowest BCUT2D eigenvalue weighted by Crippen LogP contribution is -2.26. The zero-order chi connectivity index (χ0) is 14.7. The number of methoxy groups -OCH3 is 1. The van der Waals surface area contributed by atoms with E-state index >= 15 is 0 Å². The highest BCUT2D eigenvalue weighted by atomic mass is 16.5. The molecule has 1 aromatic carbocycles. The van der Waals surface area contributed by atoms with E-state index in [0.29, 0.717) is 30.6 Å². The number of fused-ring (bicyclic) bond motifs is 1. The van der Waals surface area contributed by atoms with Gasteiger partial charge in [0.1, 0.15) is 5.82 Å². The summed E-state index contributed by atoms with van der Waals surface area (Å²) in [6.07, 6.45) is 2.15. The molecule has 2 N–H and O–H groups in total. The molecule has 1 fully saturated rings. The molecule has 1 aromatic heterocycles. The summed E-state index contributed by atoms with van der Waals surface area (Å²) in [4.78, 5) is 16.9. The lowest BCUT2D eigenvalue weighted by atomic mass is 10.1. The van der Waals surface area contributed by atoms with Gasteiger partial charge in [0.2, 0.25) is 0 Å². The van der Waals surface area contributed by atoms with Crippen molar-refractivity contribution in [3.63, 3.8) is 0 Å². The van der Waals surface area contributed by atoms with Crippen LogP contribution in [0.5, 0.6) is 0 Å². The lowest BCUT2D eigenvalue weighted by Gasteiger charge is -2.11. The number of ether oxygens (including phenoxy) is 1. The minimum atomic E-state index is -0.0223. The first-order valence-electron chi connectivity index (χ1n) is 7.21. The van der Waals surface area contributed by atoms with E-state index in [1.807, 2.05) is 30.3 Å². The SMILES string of the molecule is COCCNc1cc(C(=O)NC2CC2)c2ccccc2n1. The predicted octanol–water partition coefficient (Wildman–Crippen LogP) is 2.19. The molecule has 0 spiro atoms. The number of aromatic nitrogens is 1. The second-order valence-electron chi connectivity index (χ2n) is 5.24. The average molecular weight is 285 g/mol. The fourth-order valence-electron chi connectivity index (χ4n) is 2.23. The number of nitrogens with one attached hydrogen (secondary N) is 2. The molecule has 3 rings (SSSR count). The first kappa shape index (κ1) is 13.8. The van der Waals surface area contributed by atoms with Crippen LogP contribution in [0.4, 0.5) is 5.82 Å². The van der Waals surface area contributed by atoms with Crippen LogP contribution in [0, 0.1) is 0 Å². The molecule has 0 unspecified atom stereocenters. The van der Waals surface area contributed by atoms with E-state index in [2.05, 4.69) is 15.6 Å². The van der Waals surface area contributed by atoms with Crippen molar-refractivity contribution in [2.24, 2.45) is 0 Å². The van der Waals surface area contributed by atoms with Crippen molar-refractivity contribution in [2.45, 2.75) is 18.9 Å². The summed E-state index contributed by atoms with van der Waals surface area (Å²) in [5.41, 5.74) is 1.49. The van der Waals surface area contributed by atoms with Crippen LogP contribution in [-0.2, 0) is 4.74 Å². The Kier molecular flexibility index (Phi) is 4.01. The third-order valence-electron chi connectivity index (χ3n) is 3.49. The third-order valence-corrected chi connectivity index (χ3v) is 3.49. The molecular formula is C16H19N3O2. The molecule has 0 atom stereocenters. The molecule has 2 aromatic rings. The topological polar surface area (TPSA) is 63.2 Å². The van der Waals surface area contributed by atoms with Gasteiger partial charge in [-0.3, -0.25) is 4.79 Å². The predicted molar refractivity (Wildman–Crippen MR) is 82.6 cm³/mol. The summed E-state index contributed by atoms with van der Waals surface area (Å²) in [5.74, 6) is 0.678. The highest BCUT2D eigenvalue weighted by molar-refractivity contribution is 6.07. The Hall–Kier alpha value is -2.14. The Labute approximate surface area is 123 Å². The minimum Gasteiger partial charge on any atom is -0.383 e. The summed E-state index contributed by atoms with van der Waals surface area (Å²) in [6.45, 7) is 1.25.